The Morgan fingerprint density at radius 2 is 2.23 bits per heavy atom. The molecular weight excluding hydrogens is 312 g/mol. The smallest absolute Gasteiger partial charge is 0.0730 e. The highest BCUT2D eigenvalue weighted by atomic mass is 79.9. The highest BCUT2D eigenvalue weighted by molar-refractivity contribution is 9.11. The summed E-state index contributed by atoms with van der Waals surface area (Å²) >= 11 is 9.24. The lowest BCUT2D eigenvalue weighted by molar-refractivity contribution is 0.314. The van der Waals surface area contributed by atoms with Gasteiger partial charge in [-0.2, -0.15) is 0 Å². The van der Waals surface area contributed by atoms with Gasteiger partial charge in [0, 0.05) is 4.88 Å². The van der Waals surface area contributed by atoms with E-state index in [0.717, 1.165) is 5.92 Å². The second-order valence-corrected chi connectivity index (χ2v) is 7.09. The van der Waals surface area contributed by atoms with Gasteiger partial charge in [0.1, 0.15) is 0 Å². The molecule has 2 rings (SSSR count). The fraction of sp³-hybridized carbons (Fsp3) is 0.600. The lowest BCUT2D eigenvalue weighted by Gasteiger charge is -2.29. The number of thiophene rings is 1. The lowest BCUT2D eigenvalue weighted by Crippen LogP contribution is -2.15. The van der Waals surface area contributed by atoms with Crippen LogP contribution in [0.5, 0.6) is 0 Å². The minimum Gasteiger partial charge on any atom is -0.132 e. The monoisotopic (exact) mass is 322 g/mol. The van der Waals surface area contributed by atoms with Crippen LogP contribution in [0.1, 0.15) is 34.5 Å². The van der Waals surface area contributed by atoms with E-state index in [1.165, 1.54) is 33.5 Å². The quantitative estimate of drug-likeness (QED) is 0.668. The number of aryl methyl sites for hydroxylation is 1. The standard InChI is InChI=1S/C10H12Br2S/c1-6-5-8(13-10(6)12)9(11)7-3-2-4-7/h5,7,9H,2-4H2,1H3. The van der Waals surface area contributed by atoms with E-state index in [1.807, 2.05) is 11.3 Å². The molecule has 0 amide bonds. The molecular formula is C10H12Br2S. The average Bonchev–Trinajstić information content (AvgIpc) is 2.28. The minimum atomic E-state index is 0.594. The summed E-state index contributed by atoms with van der Waals surface area (Å²) in [6, 6.07) is 2.30. The van der Waals surface area contributed by atoms with Gasteiger partial charge in [-0.25, -0.2) is 0 Å². The molecule has 1 fully saturated rings. The molecule has 1 aliphatic carbocycles. The van der Waals surface area contributed by atoms with Gasteiger partial charge in [0.05, 0.1) is 8.61 Å². The summed E-state index contributed by atoms with van der Waals surface area (Å²) in [6.07, 6.45) is 4.20. The average molecular weight is 324 g/mol. The van der Waals surface area contributed by atoms with Crippen molar-refractivity contribution in [3.05, 3.63) is 20.3 Å². The molecule has 0 saturated heterocycles. The Hall–Kier alpha value is 0.660. The van der Waals surface area contributed by atoms with E-state index in [2.05, 4.69) is 44.8 Å². The lowest BCUT2D eigenvalue weighted by atomic mass is 9.82. The summed E-state index contributed by atoms with van der Waals surface area (Å²) in [7, 11) is 0. The normalized spacial score (nSPS) is 19.9. The minimum absolute atomic E-state index is 0.594. The van der Waals surface area contributed by atoms with Crippen LogP contribution in [0.3, 0.4) is 0 Å². The summed E-state index contributed by atoms with van der Waals surface area (Å²) in [6.45, 7) is 2.16. The van der Waals surface area contributed by atoms with Crippen molar-refractivity contribution in [2.45, 2.75) is 31.0 Å². The summed E-state index contributed by atoms with van der Waals surface area (Å²) in [5.41, 5.74) is 1.36. The topological polar surface area (TPSA) is 0 Å². The van der Waals surface area contributed by atoms with Gasteiger partial charge in [-0.1, -0.05) is 22.4 Å². The van der Waals surface area contributed by atoms with Gasteiger partial charge in [0.2, 0.25) is 0 Å². The molecule has 0 nitrogen and oxygen atoms in total. The first kappa shape index (κ1) is 10.2. The fourth-order valence-corrected chi connectivity index (χ4v) is 4.17. The third-order valence-electron chi connectivity index (χ3n) is 2.71. The van der Waals surface area contributed by atoms with Crippen LogP contribution in [-0.2, 0) is 0 Å². The summed E-state index contributed by atoms with van der Waals surface area (Å²) < 4.78 is 1.28. The third kappa shape index (κ3) is 2.02. The molecule has 3 heteroatoms. The Bertz CT molecular complexity index is 282. The van der Waals surface area contributed by atoms with Crippen LogP contribution in [0.15, 0.2) is 9.85 Å². The molecule has 1 aromatic rings. The molecule has 0 radical (unpaired) electrons. The summed E-state index contributed by atoms with van der Waals surface area (Å²) in [5, 5.41) is 0. The van der Waals surface area contributed by atoms with Crippen molar-refractivity contribution < 1.29 is 0 Å². The summed E-state index contributed by atoms with van der Waals surface area (Å²) in [4.78, 5) is 2.07. The Kier molecular flexibility index (Phi) is 3.16. The Labute approximate surface area is 100.0 Å². The zero-order valence-corrected chi connectivity index (χ0v) is 11.5. The van der Waals surface area contributed by atoms with Crippen molar-refractivity contribution in [1.29, 1.82) is 0 Å². The third-order valence-corrected chi connectivity index (χ3v) is 6.48. The molecule has 1 heterocycles. The van der Waals surface area contributed by atoms with Crippen LogP contribution in [-0.4, -0.2) is 0 Å². The van der Waals surface area contributed by atoms with Gasteiger partial charge >= 0.3 is 0 Å². The van der Waals surface area contributed by atoms with Crippen LogP contribution >= 0.6 is 43.2 Å². The van der Waals surface area contributed by atoms with Crippen LogP contribution < -0.4 is 0 Å². The number of rotatable bonds is 2. The van der Waals surface area contributed by atoms with E-state index in [1.54, 1.807) is 0 Å². The predicted octanol–water partition coefficient (Wildman–Crippen LogP) is 5.06. The molecule has 0 aromatic carbocycles. The second-order valence-electron chi connectivity index (χ2n) is 3.70. The number of hydrogen-bond acceptors (Lipinski definition) is 1. The van der Waals surface area contributed by atoms with Crippen LogP contribution in [0, 0.1) is 12.8 Å². The van der Waals surface area contributed by atoms with Gasteiger partial charge in [-0.05, 0) is 53.2 Å². The van der Waals surface area contributed by atoms with Gasteiger partial charge in [-0.15, -0.1) is 11.3 Å². The number of hydrogen-bond donors (Lipinski definition) is 0. The van der Waals surface area contributed by atoms with Crippen LogP contribution in [0.2, 0.25) is 0 Å². The van der Waals surface area contributed by atoms with E-state index < -0.39 is 0 Å². The van der Waals surface area contributed by atoms with E-state index >= 15 is 0 Å². The molecule has 0 spiro atoms. The molecule has 72 valence electrons. The van der Waals surface area contributed by atoms with Gasteiger partial charge in [-0.3, -0.25) is 0 Å². The molecule has 1 atom stereocenters. The molecule has 1 aliphatic rings. The first-order valence-corrected chi connectivity index (χ1v) is 7.11. The highest BCUT2D eigenvalue weighted by Crippen LogP contribution is 2.46. The largest absolute Gasteiger partial charge is 0.132 e. The SMILES string of the molecule is Cc1cc(C(Br)C2CCC2)sc1Br. The molecule has 0 aliphatic heterocycles. The van der Waals surface area contributed by atoms with Crippen molar-refractivity contribution in [1.82, 2.24) is 0 Å². The first-order chi connectivity index (χ1) is 6.18. The van der Waals surface area contributed by atoms with Crippen molar-refractivity contribution >= 4 is 43.2 Å². The zero-order valence-electron chi connectivity index (χ0n) is 7.52. The van der Waals surface area contributed by atoms with Crippen molar-refractivity contribution in [3.8, 4) is 0 Å². The highest BCUT2D eigenvalue weighted by Gasteiger charge is 2.27. The first-order valence-electron chi connectivity index (χ1n) is 4.58. The predicted molar refractivity (Wildman–Crippen MR) is 65.8 cm³/mol. The Balaban J connectivity index is 2.14. The maximum atomic E-state index is 3.80. The zero-order chi connectivity index (χ0) is 9.42. The molecule has 0 N–H and O–H groups in total. The van der Waals surface area contributed by atoms with Crippen molar-refractivity contribution in [3.63, 3.8) is 0 Å². The van der Waals surface area contributed by atoms with E-state index in [9.17, 15) is 0 Å². The maximum Gasteiger partial charge on any atom is 0.0730 e. The molecule has 13 heavy (non-hydrogen) atoms. The van der Waals surface area contributed by atoms with E-state index in [0.29, 0.717) is 4.83 Å². The van der Waals surface area contributed by atoms with Crippen LogP contribution in [0.25, 0.3) is 0 Å². The van der Waals surface area contributed by atoms with Gasteiger partial charge in [0.15, 0.2) is 0 Å². The number of alkyl halides is 1. The van der Waals surface area contributed by atoms with E-state index in [4.69, 9.17) is 0 Å². The Morgan fingerprint density at radius 3 is 2.62 bits per heavy atom. The van der Waals surface area contributed by atoms with Crippen molar-refractivity contribution in [2.24, 2.45) is 5.92 Å². The Morgan fingerprint density at radius 1 is 1.54 bits per heavy atom. The van der Waals surface area contributed by atoms with Gasteiger partial charge < -0.3 is 0 Å². The van der Waals surface area contributed by atoms with Crippen LogP contribution in [0.4, 0.5) is 0 Å². The summed E-state index contributed by atoms with van der Waals surface area (Å²) in [5.74, 6) is 0.880. The van der Waals surface area contributed by atoms with E-state index in [-0.39, 0.29) is 0 Å². The second kappa shape index (κ2) is 4.03. The molecule has 0 bridgehead atoms. The maximum absolute atomic E-state index is 3.80. The fourth-order valence-electron chi connectivity index (χ4n) is 1.58. The molecule has 1 aromatic heterocycles. The molecule has 1 saturated carbocycles. The molecule has 1 unspecified atom stereocenters. The number of halogens is 2. The van der Waals surface area contributed by atoms with Crippen molar-refractivity contribution in [2.75, 3.05) is 0 Å². The van der Waals surface area contributed by atoms with Gasteiger partial charge in [0.25, 0.3) is 0 Å².